The summed E-state index contributed by atoms with van der Waals surface area (Å²) in [7, 11) is 0. The molecule has 0 aliphatic carbocycles. The number of amides is 1. The van der Waals surface area contributed by atoms with E-state index in [1.54, 1.807) is 0 Å². The Morgan fingerprint density at radius 2 is 1.94 bits per heavy atom. The fourth-order valence-electron chi connectivity index (χ4n) is 1.68. The van der Waals surface area contributed by atoms with Crippen molar-refractivity contribution in [1.82, 2.24) is 5.32 Å². The predicted octanol–water partition coefficient (Wildman–Crippen LogP) is 1.94. The van der Waals surface area contributed by atoms with Crippen molar-refractivity contribution < 1.29 is 14.3 Å². The van der Waals surface area contributed by atoms with Crippen LogP contribution >= 0.6 is 0 Å². The van der Waals surface area contributed by atoms with Gasteiger partial charge in [-0.1, -0.05) is 35.9 Å². The van der Waals surface area contributed by atoms with Crippen LogP contribution in [-0.2, 0) is 4.79 Å². The fourth-order valence-corrected chi connectivity index (χ4v) is 1.68. The van der Waals surface area contributed by atoms with Gasteiger partial charge in [0.1, 0.15) is 0 Å². The number of hydrogen-bond acceptors (Lipinski definition) is 2. The van der Waals surface area contributed by atoms with Gasteiger partial charge in [-0.2, -0.15) is 0 Å². The molecule has 4 heteroatoms. The summed E-state index contributed by atoms with van der Waals surface area (Å²) in [5.74, 6) is -1.96. The lowest BCUT2D eigenvalue weighted by atomic mass is 10.0. The Labute approximate surface area is 100.0 Å². The summed E-state index contributed by atoms with van der Waals surface area (Å²) in [6, 6.07) is 5.05. The SMILES string of the molecule is C=C(F)C(=O)NC(CO)c1cc(C)cc(C)c1. The van der Waals surface area contributed by atoms with Crippen LogP contribution in [0.2, 0.25) is 0 Å². The van der Waals surface area contributed by atoms with Gasteiger partial charge in [0.05, 0.1) is 12.6 Å². The summed E-state index contributed by atoms with van der Waals surface area (Å²) in [6.45, 7) is 6.46. The Balaban J connectivity index is 2.93. The molecule has 17 heavy (non-hydrogen) atoms. The van der Waals surface area contributed by atoms with Gasteiger partial charge in [-0.3, -0.25) is 4.79 Å². The number of hydrogen-bond donors (Lipinski definition) is 2. The number of carbonyl (C=O) groups excluding carboxylic acids is 1. The van der Waals surface area contributed by atoms with Gasteiger partial charge in [-0.15, -0.1) is 0 Å². The average Bonchev–Trinajstić information content (AvgIpc) is 2.23. The van der Waals surface area contributed by atoms with Gasteiger partial charge in [0.15, 0.2) is 5.83 Å². The van der Waals surface area contributed by atoms with Crippen molar-refractivity contribution in [2.45, 2.75) is 19.9 Å². The van der Waals surface area contributed by atoms with Crippen molar-refractivity contribution in [3.63, 3.8) is 0 Å². The molecule has 3 nitrogen and oxygen atoms in total. The minimum Gasteiger partial charge on any atom is -0.394 e. The highest BCUT2D eigenvalue weighted by molar-refractivity contribution is 5.90. The summed E-state index contributed by atoms with van der Waals surface area (Å²) in [5, 5.41) is 11.6. The number of aliphatic hydroxyl groups excluding tert-OH is 1. The number of aryl methyl sites for hydroxylation is 2. The highest BCUT2D eigenvalue weighted by Crippen LogP contribution is 2.17. The fraction of sp³-hybridized carbons (Fsp3) is 0.308. The Morgan fingerprint density at radius 1 is 1.41 bits per heavy atom. The molecular formula is C13H16FNO2. The number of nitrogens with one attached hydrogen (secondary N) is 1. The van der Waals surface area contributed by atoms with Crippen LogP contribution in [0.3, 0.4) is 0 Å². The molecule has 1 unspecified atom stereocenters. The molecule has 1 aromatic carbocycles. The Kier molecular flexibility index (Phi) is 4.40. The molecule has 0 aromatic heterocycles. The van der Waals surface area contributed by atoms with E-state index in [0.717, 1.165) is 16.7 Å². The van der Waals surface area contributed by atoms with Crippen molar-refractivity contribution in [2.75, 3.05) is 6.61 Å². The van der Waals surface area contributed by atoms with Crippen molar-refractivity contribution in [1.29, 1.82) is 0 Å². The second-order valence-electron chi connectivity index (χ2n) is 4.03. The molecule has 0 bridgehead atoms. The first-order chi connectivity index (χ1) is 7.93. The van der Waals surface area contributed by atoms with Gasteiger partial charge >= 0.3 is 0 Å². The number of aliphatic hydroxyl groups is 1. The highest BCUT2D eigenvalue weighted by Gasteiger charge is 2.15. The van der Waals surface area contributed by atoms with Gasteiger partial charge in [-0.25, -0.2) is 4.39 Å². The van der Waals surface area contributed by atoms with Crippen LogP contribution in [-0.4, -0.2) is 17.6 Å². The largest absolute Gasteiger partial charge is 0.394 e. The van der Waals surface area contributed by atoms with E-state index >= 15 is 0 Å². The van der Waals surface area contributed by atoms with E-state index in [4.69, 9.17) is 0 Å². The lowest BCUT2D eigenvalue weighted by Crippen LogP contribution is -2.30. The molecule has 0 fully saturated rings. The van der Waals surface area contributed by atoms with Crippen LogP contribution in [0.4, 0.5) is 4.39 Å². The zero-order chi connectivity index (χ0) is 13.0. The average molecular weight is 237 g/mol. The zero-order valence-electron chi connectivity index (χ0n) is 9.96. The Morgan fingerprint density at radius 3 is 2.35 bits per heavy atom. The molecule has 1 aromatic rings. The van der Waals surface area contributed by atoms with E-state index in [2.05, 4.69) is 11.9 Å². The standard InChI is InChI=1S/C13H16FNO2/c1-8-4-9(2)6-11(5-8)12(7-16)15-13(17)10(3)14/h4-6,12,16H,3,7H2,1-2H3,(H,15,17). The summed E-state index contributed by atoms with van der Waals surface area (Å²) in [4.78, 5) is 11.2. The Hall–Kier alpha value is -1.68. The monoisotopic (exact) mass is 237 g/mol. The highest BCUT2D eigenvalue weighted by atomic mass is 19.1. The zero-order valence-corrected chi connectivity index (χ0v) is 9.96. The normalized spacial score (nSPS) is 12.0. The second kappa shape index (κ2) is 5.59. The van der Waals surface area contributed by atoms with E-state index < -0.39 is 17.8 Å². The first-order valence-corrected chi connectivity index (χ1v) is 5.28. The minimum atomic E-state index is -1.06. The maximum atomic E-state index is 12.6. The number of halogens is 1. The van der Waals surface area contributed by atoms with Gasteiger partial charge in [0.25, 0.3) is 5.91 Å². The second-order valence-corrected chi connectivity index (χ2v) is 4.03. The van der Waals surface area contributed by atoms with Gasteiger partial charge in [0.2, 0.25) is 0 Å². The van der Waals surface area contributed by atoms with Crippen molar-refractivity contribution in [3.8, 4) is 0 Å². The lowest BCUT2D eigenvalue weighted by molar-refractivity contribution is -0.119. The predicted molar refractivity (Wildman–Crippen MR) is 64.1 cm³/mol. The molecular weight excluding hydrogens is 221 g/mol. The van der Waals surface area contributed by atoms with Gasteiger partial charge < -0.3 is 10.4 Å². The van der Waals surface area contributed by atoms with E-state index in [-0.39, 0.29) is 6.61 Å². The summed E-state index contributed by atoms with van der Waals surface area (Å²) in [6.07, 6.45) is 0. The Bertz CT molecular complexity index is 423. The first kappa shape index (κ1) is 13.4. The third kappa shape index (κ3) is 3.67. The van der Waals surface area contributed by atoms with E-state index in [1.165, 1.54) is 0 Å². The molecule has 1 amide bonds. The maximum absolute atomic E-state index is 12.6. The molecule has 0 saturated carbocycles. The number of benzene rings is 1. The van der Waals surface area contributed by atoms with Crippen molar-refractivity contribution in [2.24, 2.45) is 0 Å². The third-order valence-electron chi connectivity index (χ3n) is 2.38. The molecule has 0 aliphatic rings. The molecule has 1 rings (SSSR count). The van der Waals surface area contributed by atoms with Crippen LogP contribution in [0.15, 0.2) is 30.6 Å². The summed E-state index contributed by atoms with van der Waals surface area (Å²) < 4.78 is 12.6. The molecule has 0 spiro atoms. The third-order valence-corrected chi connectivity index (χ3v) is 2.38. The minimum absolute atomic E-state index is 0.290. The smallest absolute Gasteiger partial charge is 0.279 e. The van der Waals surface area contributed by atoms with Crippen molar-refractivity contribution in [3.05, 3.63) is 47.3 Å². The topological polar surface area (TPSA) is 49.3 Å². The van der Waals surface area contributed by atoms with Crippen LogP contribution in [0.25, 0.3) is 0 Å². The summed E-state index contributed by atoms with van der Waals surface area (Å²) in [5.41, 5.74) is 2.79. The van der Waals surface area contributed by atoms with Gasteiger partial charge in [0, 0.05) is 0 Å². The molecule has 0 aliphatic heterocycles. The first-order valence-electron chi connectivity index (χ1n) is 5.28. The quantitative estimate of drug-likeness (QED) is 0.786. The number of rotatable bonds is 4. The van der Waals surface area contributed by atoms with Crippen LogP contribution in [0, 0.1) is 13.8 Å². The van der Waals surface area contributed by atoms with Crippen LogP contribution in [0.5, 0.6) is 0 Å². The molecule has 2 N–H and O–H groups in total. The molecule has 1 atom stereocenters. The van der Waals surface area contributed by atoms with E-state index in [0.29, 0.717) is 0 Å². The number of carbonyl (C=O) groups is 1. The van der Waals surface area contributed by atoms with Crippen LogP contribution < -0.4 is 5.32 Å². The van der Waals surface area contributed by atoms with Crippen molar-refractivity contribution >= 4 is 5.91 Å². The molecule has 92 valence electrons. The lowest BCUT2D eigenvalue weighted by Gasteiger charge is -2.17. The molecule has 0 saturated heterocycles. The van der Waals surface area contributed by atoms with Gasteiger partial charge in [-0.05, 0) is 19.4 Å². The summed E-state index contributed by atoms with van der Waals surface area (Å²) >= 11 is 0. The maximum Gasteiger partial charge on any atom is 0.279 e. The van der Waals surface area contributed by atoms with Crippen LogP contribution in [0.1, 0.15) is 22.7 Å². The van der Waals surface area contributed by atoms with E-state index in [1.807, 2.05) is 32.0 Å². The van der Waals surface area contributed by atoms with E-state index in [9.17, 15) is 14.3 Å². The molecule has 0 heterocycles. The molecule has 0 radical (unpaired) electrons.